The third kappa shape index (κ3) is 8.55. The quantitative estimate of drug-likeness (QED) is 0.337. The zero-order valence-electron chi connectivity index (χ0n) is 21.4. The molecule has 2 saturated carbocycles. The Kier molecular flexibility index (Phi) is 12.8. The van der Waals surface area contributed by atoms with Crippen molar-refractivity contribution in [2.45, 2.75) is 136 Å². The first-order chi connectivity index (χ1) is 16.0. The van der Waals surface area contributed by atoms with Gasteiger partial charge in [0.2, 0.25) is 5.41 Å². The molecule has 0 radical (unpaired) electrons. The molecule has 0 aromatic carbocycles. The summed E-state index contributed by atoms with van der Waals surface area (Å²) in [6.45, 7) is 4.12. The normalized spacial score (nSPS) is 27.7. The summed E-state index contributed by atoms with van der Waals surface area (Å²) in [5.74, 6) is -0.0809. The lowest BCUT2D eigenvalue weighted by atomic mass is 9.59. The van der Waals surface area contributed by atoms with Gasteiger partial charge in [-0.25, -0.2) is 0 Å². The van der Waals surface area contributed by atoms with Crippen LogP contribution in [0.4, 0.5) is 0 Å². The number of carboxylic acid groups (broad SMARTS) is 1. The first kappa shape index (κ1) is 28.1. The number of aliphatic carboxylic acids is 1. The topological polar surface area (TPSA) is 79.5 Å². The Hall–Kier alpha value is -1.12. The number of nitriles is 1. The maximum Gasteiger partial charge on any atom is 0.328 e. The number of unbranched alkanes of at least 4 members (excludes halogenated alkanes) is 4. The summed E-state index contributed by atoms with van der Waals surface area (Å²) < 4.78 is 10.3. The van der Waals surface area contributed by atoms with E-state index in [1.165, 1.54) is 70.6 Å². The number of rotatable bonds is 10. The highest BCUT2D eigenvalue weighted by molar-refractivity contribution is 5.78. The second-order valence-corrected chi connectivity index (χ2v) is 10.8. The summed E-state index contributed by atoms with van der Waals surface area (Å²) in [6, 6.07) is 1.73. The number of nitrogens with zero attached hydrogens (tertiary/aromatic N) is 1. The minimum atomic E-state index is -1.52. The highest BCUT2D eigenvalue weighted by Gasteiger charge is 2.44. The molecule has 0 amide bonds. The molecule has 1 heterocycles. The molecule has 1 N–H and O–H groups in total. The van der Waals surface area contributed by atoms with Crippen molar-refractivity contribution in [2.24, 2.45) is 16.7 Å². The predicted molar refractivity (Wildman–Crippen MR) is 132 cm³/mol. The third-order valence-electron chi connectivity index (χ3n) is 8.28. The van der Waals surface area contributed by atoms with Crippen LogP contribution in [0.5, 0.6) is 0 Å². The summed E-state index contributed by atoms with van der Waals surface area (Å²) >= 11 is 0. The van der Waals surface area contributed by atoms with Gasteiger partial charge in [-0.05, 0) is 49.9 Å². The molecule has 3 fully saturated rings. The minimum absolute atomic E-state index is 0.0938. The second-order valence-electron chi connectivity index (χ2n) is 10.8. The zero-order chi connectivity index (χ0) is 24.0. The van der Waals surface area contributed by atoms with Gasteiger partial charge in [-0.3, -0.25) is 4.79 Å². The zero-order valence-corrected chi connectivity index (χ0v) is 21.4. The SMILES string of the molecule is CCCCCCCC1(C2CCCCC2)CCCCC1.CCC[C@H]1OC[C@@](C#N)(C(=O)O)CO1. The van der Waals surface area contributed by atoms with E-state index in [0.717, 1.165) is 24.2 Å². The molecule has 0 aromatic heterocycles. The number of ether oxygens (including phenoxy) is 2. The Bertz CT molecular complexity index is 579. The average Bonchev–Trinajstić information content (AvgIpc) is 2.86. The Morgan fingerprint density at radius 2 is 1.52 bits per heavy atom. The van der Waals surface area contributed by atoms with E-state index in [0.29, 0.717) is 0 Å². The highest BCUT2D eigenvalue weighted by atomic mass is 16.7. The van der Waals surface area contributed by atoms with Crippen molar-refractivity contribution >= 4 is 5.97 Å². The van der Waals surface area contributed by atoms with E-state index in [2.05, 4.69) is 6.92 Å². The summed E-state index contributed by atoms with van der Waals surface area (Å²) in [6.07, 6.45) is 25.6. The van der Waals surface area contributed by atoms with Gasteiger partial charge in [0.1, 0.15) is 0 Å². The number of hydrogen-bond donors (Lipinski definition) is 1. The maximum atomic E-state index is 10.8. The second kappa shape index (κ2) is 15.0. The summed E-state index contributed by atoms with van der Waals surface area (Å²) in [5, 5.41) is 17.6. The molecule has 0 aromatic rings. The monoisotopic (exact) mass is 463 g/mol. The Morgan fingerprint density at radius 1 is 0.909 bits per heavy atom. The smallest absolute Gasteiger partial charge is 0.328 e. The molecule has 5 heteroatoms. The van der Waals surface area contributed by atoms with E-state index in [4.69, 9.17) is 19.8 Å². The molecule has 0 atom stereocenters. The Labute approximate surface area is 202 Å². The van der Waals surface area contributed by atoms with Gasteiger partial charge in [0, 0.05) is 0 Å². The lowest BCUT2D eigenvalue weighted by molar-refractivity contribution is -0.223. The van der Waals surface area contributed by atoms with Crippen LogP contribution in [0.2, 0.25) is 0 Å². The van der Waals surface area contributed by atoms with Crippen molar-refractivity contribution in [1.29, 1.82) is 5.26 Å². The van der Waals surface area contributed by atoms with Gasteiger partial charge >= 0.3 is 5.97 Å². The van der Waals surface area contributed by atoms with Crippen LogP contribution >= 0.6 is 0 Å². The van der Waals surface area contributed by atoms with Crippen LogP contribution in [0.25, 0.3) is 0 Å². The number of carbonyl (C=O) groups is 1. The molecule has 1 aliphatic heterocycles. The van der Waals surface area contributed by atoms with E-state index in [9.17, 15) is 4.79 Å². The van der Waals surface area contributed by atoms with Crippen LogP contribution < -0.4 is 0 Å². The van der Waals surface area contributed by atoms with Crippen LogP contribution in [0.3, 0.4) is 0 Å². The van der Waals surface area contributed by atoms with Gasteiger partial charge in [0.05, 0.1) is 19.3 Å². The van der Waals surface area contributed by atoms with Gasteiger partial charge in [-0.1, -0.05) is 90.9 Å². The molecule has 0 unspecified atom stereocenters. The van der Waals surface area contributed by atoms with Gasteiger partial charge in [0.25, 0.3) is 0 Å². The number of carboxylic acids is 1. The predicted octanol–water partition coefficient (Wildman–Crippen LogP) is 7.63. The van der Waals surface area contributed by atoms with Crippen molar-refractivity contribution in [2.75, 3.05) is 13.2 Å². The Balaban J connectivity index is 0.000000245. The molecular weight excluding hydrogens is 414 g/mol. The lowest BCUT2D eigenvalue weighted by Gasteiger charge is -2.46. The summed E-state index contributed by atoms with van der Waals surface area (Å²) in [7, 11) is 0. The van der Waals surface area contributed by atoms with Crippen LogP contribution in [0.15, 0.2) is 0 Å². The molecule has 0 spiro atoms. The third-order valence-corrected chi connectivity index (χ3v) is 8.28. The molecule has 0 bridgehead atoms. The van der Waals surface area contributed by atoms with E-state index < -0.39 is 11.4 Å². The highest BCUT2D eigenvalue weighted by Crippen LogP contribution is 2.51. The maximum absolute atomic E-state index is 10.8. The molecule has 3 aliphatic rings. The molecule has 33 heavy (non-hydrogen) atoms. The molecule has 190 valence electrons. The lowest BCUT2D eigenvalue weighted by Crippen LogP contribution is -2.46. The summed E-state index contributed by atoms with van der Waals surface area (Å²) in [4.78, 5) is 10.8. The molecule has 1 saturated heterocycles. The molecule has 5 nitrogen and oxygen atoms in total. The fourth-order valence-corrected chi connectivity index (χ4v) is 6.11. The van der Waals surface area contributed by atoms with Gasteiger partial charge < -0.3 is 14.6 Å². The Morgan fingerprint density at radius 3 is 2.06 bits per heavy atom. The van der Waals surface area contributed by atoms with Crippen molar-refractivity contribution in [3.8, 4) is 6.07 Å². The van der Waals surface area contributed by atoms with E-state index in [1.807, 2.05) is 6.92 Å². The standard InChI is InChI=1S/C19H36.C9H13NO4/c1-2-3-4-5-10-15-19(16-11-7-12-17-19)18-13-8-6-9-14-18;1-2-3-7-13-5-9(4-10,6-14-7)8(11)12/h18H,2-17H2,1H3;7H,2-3,5-6H2,1H3,(H,11,12)/t;7-,9+. The molecular formula is C28H49NO4. The van der Waals surface area contributed by atoms with Gasteiger partial charge in [-0.2, -0.15) is 5.26 Å². The van der Waals surface area contributed by atoms with Crippen LogP contribution in [-0.2, 0) is 14.3 Å². The van der Waals surface area contributed by atoms with Crippen molar-refractivity contribution in [3.05, 3.63) is 0 Å². The van der Waals surface area contributed by atoms with Gasteiger partial charge in [0.15, 0.2) is 6.29 Å². The fraction of sp³-hybridized carbons (Fsp3) is 0.929. The first-order valence-electron chi connectivity index (χ1n) is 13.9. The van der Waals surface area contributed by atoms with E-state index >= 15 is 0 Å². The van der Waals surface area contributed by atoms with E-state index in [-0.39, 0.29) is 19.5 Å². The van der Waals surface area contributed by atoms with Crippen LogP contribution in [0, 0.1) is 28.1 Å². The first-order valence-corrected chi connectivity index (χ1v) is 13.9. The van der Waals surface area contributed by atoms with Gasteiger partial charge in [-0.15, -0.1) is 0 Å². The number of hydrogen-bond acceptors (Lipinski definition) is 4. The van der Waals surface area contributed by atoms with Crippen molar-refractivity contribution in [3.63, 3.8) is 0 Å². The largest absolute Gasteiger partial charge is 0.480 e. The minimum Gasteiger partial charge on any atom is -0.480 e. The van der Waals surface area contributed by atoms with E-state index in [1.54, 1.807) is 38.2 Å². The van der Waals surface area contributed by atoms with Crippen molar-refractivity contribution < 1.29 is 19.4 Å². The fourth-order valence-electron chi connectivity index (χ4n) is 6.11. The molecule has 3 rings (SSSR count). The van der Waals surface area contributed by atoms with Crippen molar-refractivity contribution in [1.82, 2.24) is 0 Å². The van der Waals surface area contributed by atoms with Crippen LogP contribution in [0.1, 0.15) is 129 Å². The van der Waals surface area contributed by atoms with Crippen LogP contribution in [-0.4, -0.2) is 30.6 Å². The molecule has 2 aliphatic carbocycles. The average molecular weight is 464 g/mol. The summed E-state index contributed by atoms with van der Waals surface area (Å²) in [5.41, 5.74) is -0.727.